The van der Waals surface area contributed by atoms with Crippen molar-refractivity contribution in [3.8, 4) is 0 Å². The standard InChI is InChI=1S/C6H9ClN4O2/c7-2-1-5-10-11-6(13-5)9-3-4(8)12/h1-3H2,(H2,8,12)(H,9,11). The van der Waals surface area contributed by atoms with Crippen LogP contribution in [0, 0.1) is 0 Å². The molecule has 1 aromatic rings. The summed E-state index contributed by atoms with van der Waals surface area (Å²) in [6, 6.07) is 0.180. The molecule has 1 amide bonds. The van der Waals surface area contributed by atoms with Gasteiger partial charge in [0.1, 0.15) is 0 Å². The van der Waals surface area contributed by atoms with Gasteiger partial charge in [-0.05, 0) is 0 Å². The lowest BCUT2D eigenvalue weighted by molar-refractivity contribution is -0.116. The lowest BCUT2D eigenvalue weighted by Gasteiger charge is -1.94. The minimum absolute atomic E-state index is 0.0253. The molecule has 0 aromatic carbocycles. The van der Waals surface area contributed by atoms with Gasteiger partial charge in [0.05, 0.1) is 6.54 Å². The first-order chi connectivity index (χ1) is 6.22. The molecule has 13 heavy (non-hydrogen) atoms. The molecule has 72 valence electrons. The van der Waals surface area contributed by atoms with Crippen LogP contribution < -0.4 is 11.1 Å². The van der Waals surface area contributed by atoms with E-state index in [1.54, 1.807) is 0 Å². The summed E-state index contributed by atoms with van der Waals surface area (Å²) in [7, 11) is 0. The molecule has 0 aliphatic carbocycles. The van der Waals surface area contributed by atoms with Gasteiger partial charge >= 0.3 is 6.01 Å². The highest BCUT2D eigenvalue weighted by molar-refractivity contribution is 6.17. The molecule has 0 spiro atoms. The number of anilines is 1. The number of nitrogens with zero attached hydrogens (tertiary/aromatic N) is 2. The minimum atomic E-state index is -0.489. The highest BCUT2D eigenvalue weighted by Gasteiger charge is 2.04. The van der Waals surface area contributed by atoms with Gasteiger partial charge in [-0.15, -0.1) is 16.7 Å². The summed E-state index contributed by atoms with van der Waals surface area (Å²) in [5, 5.41) is 9.85. The van der Waals surface area contributed by atoms with Crippen LogP contribution in [0.25, 0.3) is 0 Å². The molecule has 0 atom stereocenters. The van der Waals surface area contributed by atoms with Crippen molar-refractivity contribution in [1.29, 1.82) is 0 Å². The van der Waals surface area contributed by atoms with Gasteiger partial charge in [0, 0.05) is 12.3 Å². The van der Waals surface area contributed by atoms with Gasteiger partial charge in [0.15, 0.2) is 0 Å². The summed E-state index contributed by atoms with van der Waals surface area (Å²) >= 11 is 5.45. The molecule has 0 saturated carbocycles. The number of nitrogens with two attached hydrogens (primary N) is 1. The number of carbonyl (C=O) groups excluding carboxylic acids is 1. The van der Waals surface area contributed by atoms with E-state index in [1.165, 1.54) is 0 Å². The Morgan fingerprint density at radius 3 is 3.00 bits per heavy atom. The summed E-state index contributed by atoms with van der Waals surface area (Å²) in [6.45, 7) is -0.0253. The number of nitrogens with one attached hydrogen (secondary N) is 1. The number of hydrogen-bond donors (Lipinski definition) is 2. The Morgan fingerprint density at radius 1 is 1.62 bits per heavy atom. The van der Waals surface area contributed by atoms with Gasteiger partial charge < -0.3 is 15.5 Å². The normalized spacial score (nSPS) is 9.92. The fourth-order valence-corrected chi connectivity index (χ4v) is 0.831. The Morgan fingerprint density at radius 2 is 2.38 bits per heavy atom. The molecule has 3 N–H and O–H groups in total. The highest BCUT2D eigenvalue weighted by atomic mass is 35.5. The maximum atomic E-state index is 10.4. The van der Waals surface area contributed by atoms with Gasteiger partial charge in [-0.25, -0.2) is 0 Å². The summed E-state index contributed by atoms with van der Waals surface area (Å²) < 4.78 is 5.05. The molecule has 1 aromatic heterocycles. The van der Waals surface area contributed by atoms with Crippen molar-refractivity contribution in [3.05, 3.63) is 5.89 Å². The van der Waals surface area contributed by atoms with Crippen LogP contribution in [-0.4, -0.2) is 28.5 Å². The number of aryl methyl sites for hydroxylation is 1. The van der Waals surface area contributed by atoms with E-state index in [-0.39, 0.29) is 12.6 Å². The summed E-state index contributed by atoms with van der Waals surface area (Å²) in [4.78, 5) is 10.4. The number of aromatic nitrogens is 2. The van der Waals surface area contributed by atoms with Crippen molar-refractivity contribution in [1.82, 2.24) is 10.2 Å². The number of hydrogen-bond acceptors (Lipinski definition) is 5. The van der Waals surface area contributed by atoms with Crippen LogP contribution in [0.5, 0.6) is 0 Å². The second-order valence-electron chi connectivity index (χ2n) is 2.26. The third-order valence-corrected chi connectivity index (χ3v) is 1.38. The molecule has 0 bridgehead atoms. The maximum absolute atomic E-state index is 10.4. The second-order valence-corrected chi connectivity index (χ2v) is 2.64. The number of primary amides is 1. The summed E-state index contributed by atoms with van der Waals surface area (Å²) in [5.74, 6) is 0.358. The van der Waals surface area contributed by atoms with Gasteiger partial charge in [-0.3, -0.25) is 4.79 Å². The number of carbonyl (C=O) groups is 1. The largest absolute Gasteiger partial charge is 0.408 e. The molecule has 7 heteroatoms. The minimum Gasteiger partial charge on any atom is -0.408 e. The molecule has 0 radical (unpaired) electrons. The van der Waals surface area contributed by atoms with Crippen LogP contribution in [0.15, 0.2) is 4.42 Å². The lowest BCUT2D eigenvalue weighted by Crippen LogP contribution is -2.21. The van der Waals surface area contributed by atoms with E-state index in [2.05, 4.69) is 15.5 Å². The van der Waals surface area contributed by atoms with Gasteiger partial charge in [-0.2, -0.15) is 0 Å². The molecule has 1 rings (SSSR count). The molecule has 0 saturated heterocycles. The first kappa shape index (κ1) is 9.79. The van der Waals surface area contributed by atoms with Crippen molar-refractivity contribution >= 4 is 23.5 Å². The first-order valence-electron chi connectivity index (χ1n) is 3.63. The Bertz CT molecular complexity index is 288. The van der Waals surface area contributed by atoms with Crippen LogP contribution in [-0.2, 0) is 11.2 Å². The van der Waals surface area contributed by atoms with Crippen LogP contribution >= 0.6 is 11.6 Å². The van der Waals surface area contributed by atoms with Crippen LogP contribution in [0.3, 0.4) is 0 Å². The van der Waals surface area contributed by atoms with E-state index >= 15 is 0 Å². The summed E-state index contributed by atoms with van der Waals surface area (Å²) in [5.41, 5.74) is 4.89. The maximum Gasteiger partial charge on any atom is 0.315 e. The van der Waals surface area contributed by atoms with Crippen LogP contribution in [0.2, 0.25) is 0 Å². The molecule has 0 unspecified atom stereocenters. The van der Waals surface area contributed by atoms with Crippen LogP contribution in [0.1, 0.15) is 5.89 Å². The fraction of sp³-hybridized carbons (Fsp3) is 0.500. The Labute approximate surface area is 79.4 Å². The van der Waals surface area contributed by atoms with Crippen molar-refractivity contribution in [2.24, 2.45) is 5.73 Å². The number of amides is 1. The second kappa shape index (κ2) is 4.66. The lowest BCUT2D eigenvalue weighted by atomic mass is 10.5. The van der Waals surface area contributed by atoms with Crippen molar-refractivity contribution in [2.75, 3.05) is 17.7 Å². The molecular formula is C6H9ClN4O2. The van der Waals surface area contributed by atoms with Gasteiger partial charge in [0.25, 0.3) is 0 Å². The highest BCUT2D eigenvalue weighted by Crippen LogP contribution is 2.05. The van der Waals surface area contributed by atoms with Crippen LogP contribution in [0.4, 0.5) is 6.01 Å². The van der Waals surface area contributed by atoms with E-state index < -0.39 is 5.91 Å². The van der Waals surface area contributed by atoms with Crippen molar-refractivity contribution < 1.29 is 9.21 Å². The molecule has 0 fully saturated rings. The average Bonchev–Trinajstić information content (AvgIpc) is 2.50. The zero-order valence-corrected chi connectivity index (χ0v) is 7.54. The van der Waals surface area contributed by atoms with Crippen molar-refractivity contribution in [2.45, 2.75) is 6.42 Å². The zero-order chi connectivity index (χ0) is 9.68. The Kier molecular flexibility index (Phi) is 3.51. The van der Waals surface area contributed by atoms with E-state index in [4.69, 9.17) is 21.8 Å². The topological polar surface area (TPSA) is 94.0 Å². The quantitative estimate of drug-likeness (QED) is 0.645. The Balaban J connectivity index is 2.44. The predicted molar refractivity (Wildman–Crippen MR) is 46.4 cm³/mol. The number of alkyl halides is 1. The molecule has 0 aliphatic heterocycles. The van der Waals surface area contributed by atoms with E-state index in [0.29, 0.717) is 18.2 Å². The number of halogens is 1. The predicted octanol–water partition coefficient (Wildman–Crippen LogP) is -0.252. The van der Waals surface area contributed by atoms with E-state index in [1.807, 2.05) is 0 Å². The van der Waals surface area contributed by atoms with E-state index in [9.17, 15) is 4.79 Å². The number of rotatable bonds is 5. The van der Waals surface area contributed by atoms with Gasteiger partial charge in [-0.1, -0.05) is 5.10 Å². The third-order valence-electron chi connectivity index (χ3n) is 1.19. The van der Waals surface area contributed by atoms with Gasteiger partial charge in [0.2, 0.25) is 11.8 Å². The Hall–Kier alpha value is -1.30. The third kappa shape index (κ3) is 3.29. The van der Waals surface area contributed by atoms with E-state index in [0.717, 1.165) is 0 Å². The zero-order valence-electron chi connectivity index (χ0n) is 6.79. The SMILES string of the molecule is NC(=O)CNc1nnc(CCCl)o1. The summed E-state index contributed by atoms with van der Waals surface area (Å²) in [6.07, 6.45) is 0.507. The first-order valence-corrected chi connectivity index (χ1v) is 4.16. The molecule has 1 heterocycles. The smallest absolute Gasteiger partial charge is 0.315 e. The molecule has 6 nitrogen and oxygen atoms in total. The molecular weight excluding hydrogens is 196 g/mol. The fourth-order valence-electron chi connectivity index (χ4n) is 0.670. The molecule has 0 aliphatic rings. The van der Waals surface area contributed by atoms with Crippen molar-refractivity contribution in [3.63, 3.8) is 0 Å². The average molecular weight is 205 g/mol. The monoisotopic (exact) mass is 204 g/mol.